The number of aryl methyl sites for hydroxylation is 1. The number of hydrogen-bond acceptors (Lipinski definition) is 6. The summed E-state index contributed by atoms with van der Waals surface area (Å²) in [4.78, 5) is 29.3. The van der Waals surface area contributed by atoms with Gasteiger partial charge >= 0.3 is 0 Å². The number of aromatic nitrogens is 4. The highest BCUT2D eigenvalue weighted by molar-refractivity contribution is 5.77. The summed E-state index contributed by atoms with van der Waals surface area (Å²) in [6.45, 7) is 1.04. The van der Waals surface area contributed by atoms with Gasteiger partial charge in [0.25, 0.3) is 5.56 Å². The first-order chi connectivity index (χ1) is 13.8. The van der Waals surface area contributed by atoms with Gasteiger partial charge in [-0.2, -0.15) is 0 Å². The number of anilines is 1. The van der Waals surface area contributed by atoms with Crippen molar-refractivity contribution in [3.8, 4) is 0 Å². The van der Waals surface area contributed by atoms with Gasteiger partial charge in [0.1, 0.15) is 18.0 Å². The van der Waals surface area contributed by atoms with Crippen LogP contribution in [0, 0.1) is 0 Å². The number of fused-ring (bicyclic) bond motifs is 2. The maximum Gasteiger partial charge on any atom is 0.261 e. The molecule has 28 heavy (non-hydrogen) atoms. The summed E-state index contributed by atoms with van der Waals surface area (Å²) in [5.74, 6) is 1.71. The summed E-state index contributed by atoms with van der Waals surface area (Å²) in [7, 11) is 0. The van der Waals surface area contributed by atoms with Gasteiger partial charge in [0, 0.05) is 17.8 Å². The molecule has 1 atom stereocenters. The monoisotopic (exact) mass is 377 g/mol. The van der Waals surface area contributed by atoms with Crippen molar-refractivity contribution in [3.63, 3.8) is 0 Å². The number of hydrogen-bond donors (Lipinski definition) is 1. The van der Waals surface area contributed by atoms with Crippen LogP contribution in [0.2, 0.25) is 0 Å². The van der Waals surface area contributed by atoms with E-state index < -0.39 is 0 Å². The van der Waals surface area contributed by atoms with Crippen molar-refractivity contribution in [2.75, 3.05) is 18.1 Å². The zero-order valence-electron chi connectivity index (χ0n) is 15.7. The number of aliphatic hydroxyl groups is 1. The summed E-state index contributed by atoms with van der Waals surface area (Å²) < 4.78 is 1.65. The fraction of sp³-hybridized carbons (Fsp3) is 0.429. The predicted molar refractivity (Wildman–Crippen MR) is 106 cm³/mol. The molecule has 2 aliphatic rings. The Morgan fingerprint density at radius 2 is 2.04 bits per heavy atom. The van der Waals surface area contributed by atoms with Crippen LogP contribution in [0.15, 0.2) is 35.4 Å². The van der Waals surface area contributed by atoms with Gasteiger partial charge in [0.15, 0.2) is 0 Å². The summed E-state index contributed by atoms with van der Waals surface area (Å²) in [6, 6.07) is 7.40. The summed E-state index contributed by atoms with van der Waals surface area (Å²) in [5, 5.41) is 10.2. The predicted octanol–water partition coefficient (Wildman–Crippen LogP) is 2.01. The molecule has 3 heterocycles. The zero-order valence-corrected chi connectivity index (χ0v) is 15.7. The van der Waals surface area contributed by atoms with Crippen LogP contribution in [-0.4, -0.2) is 37.8 Å². The van der Waals surface area contributed by atoms with Crippen molar-refractivity contribution in [1.29, 1.82) is 0 Å². The maximum absolute atomic E-state index is 13.1. The van der Waals surface area contributed by atoms with Gasteiger partial charge in [0.2, 0.25) is 0 Å². The standard InChI is InChI=1S/C21H23N5O2/c27-12-11-26-20(24-17-7-2-1-5-15(17)21(26)28)18-9-4-10-25(18)19-14-6-3-8-16(14)22-13-23-19/h1-2,5,7,13,18,27H,3-4,6,8-12H2. The van der Waals surface area contributed by atoms with Crippen molar-refractivity contribution in [2.24, 2.45) is 0 Å². The highest BCUT2D eigenvalue weighted by atomic mass is 16.3. The highest BCUT2D eigenvalue weighted by Crippen LogP contribution is 2.38. The van der Waals surface area contributed by atoms with E-state index in [1.807, 2.05) is 18.2 Å². The second-order valence-electron chi connectivity index (χ2n) is 7.50. The minimum Gasteiger partial charge on any atom is -0.395 e. The molecule has 0 bridgehead atoms. The Hall–Kier alpha value is -2.80. The molecule has 1 saturated heterocycles. The normalized spacial score (nSPS) is 18.8. The van der Waals surface area contributed by atoms with E-state index in [9.17, 15) is 9.90 Å². The molecule has 1 unspecified atom stereocenters. The average molecular weight is 377 g/mol. The number of para-hydroxylation sites is 1. The second-order valence-corrected chi connectivity index (χ2v) is 7.50. The first-order valence-corrected chi connectivity index (χ1v) is 9.97. The van der Waals surface area contributed by atoms with Crippen LogP contribution in [0.5, 0.6) is 0 Å². The highest BCUT2D eigenvalue weighted by Gasteiger charge is 2.33. The van der Waals surface area contributed by atoms with Crippen molar-refractivity contribution in [2.45, 2.75) is 44.7 Å². The van der Waals surface area contributed by atoms with E-state index in [0.717, 1.165) is 56.0 Å². The molecule has 5 rings (SSSR count). The lowest BCUT2D eigenvalue weighted by Gasteiger charge is -2.28. The van der Waals surface area contributed by atoms with Crippen LogP contribution in [0.3, 0.4) is 0 Å². The van der Waals surface area contributed by atoms with Crippen LogP contribution >= 0.6 is 0 Å². The maximum atomic E-state index is 13.1. The molecule has 7 heteroatoms. The first kappa shape index (κ1) is 17.3. The van der Waals surface area contributed by atoms with Gasteiger partial charge in [-0.15, -0.1) is 0 Å². The summed E-state index contributed by atoms with van der Waals surface area (Å²) >= 11 is 0. The van der Waals surface area contributed by atoms with Crippen LogP contribution < -0.4 is 10.5 Å². The molecular formula is C21H23N5O2. The Morgan fingerprint density at radius 3 is 2.93 bits per heavy atom. The average Bonchev–Trinajstić information content (AvgIpc) is 3.39. The Bertz CT molecular complexity index is 1090. The lowest BCUT2D eigenvalue weighted by Crippen LogP contribution is -2.33. The quantitative estimate of drug-likeness (QED) is 0.749. The third-order valence-corrected chi connectivity index (χ3v) is 5.89. The summed E-state index contributed by atoms with van der Waals surface area (Å²) in [6.07, 6.45) is 6.71. The number of aliphatic hydroxyl groups excluding tert-OH is 1. The number of nitrogens with zero attached hydrogens (tertiary/aromatic N) is 5. The fourth-order valence-corrected chi connectivity index (χ4v) is 4.63. The van der Waals surface area contributed by atoms with Crippen LogP contribution in [0.25, 0.3) is 10.9 Å². The van der Waals surface area contributed by atoms with Crippen molar-refractivity contribution >= 4 is 16.7 Å². The van der Waals surface area contributed by atoms with E-state index in [1.54, 1.807) is 17.0 Å². The summed E-state index contributed by atoms with van der Waals surface area (Å²) in [5.41, 5.74) is 3.01. The molecule has 1 aliphatic carbocycles. The van der Waals surface area contributed by atoms with Crippen molar-refractivity contribution in [3.05, 3.63) is 58.0 Å². The molecule has 1 N–H and O–H groups in total. The lowest BCUT2D eigenvalue weighted by molar-refractivity contribution is 0.270. The number of benzene rings is 1. The lowest BCUT2D eigenvalue weighted by atomic mass is 10.1. The van der Waals surface area contributed by atoms with Crippen molar-refractivity contribution in [1.82, 2.24) is 19.5 Å². The Morgan fingerprint density at radius 1 is 1.14 bits per heavy atom. The molecule has 0 spiro atoms. The van der Waals surface area contributed by atoms with Gasteiger partial charge in [-0.25, -0.2) is 15.0 Å². The molecule has 2 aromatic heterocycles. The molecule has 3 aromatic rings. The Labute approximate surface area is 162 Å². The van der Waals surface area contributed by atoms with Gasteiger partial charge in [-0.3, -0.25) is 9.36 Å². The zero-order chi connectivity index (χ0) is 19.1. The molecule has 144 valence electrons. The van der Waals surface area contributed by atoms with Gasteiger partial charge < -0.3 is 10.0 Å². The van der Waals surface area contributed by atoms with E-state index in [1.165, 1.54) is 5.56 Å². The fourth-order valence-electron chi connectivity index (χ4n) is 4.63. The third-order valence-electron chi connectivity index (χ3n) is 5.89. The topological polar surface area (TPSA) is 84.1 Å². The Kier molecular flexibility index (Phi) is 4.31. The van der Waals surface area contributed by atoms with E-state index >= 15 is 0 Å². The molecule has 1 aromatic carbocycles. The largest absolute Gasteiger partial charge is 0.395 e. The number of rotatable bonds is 4. The van der Waals surface area contributed by atoms with E-state index in [0.29, 0.717) is 10.9 Å². The molecule has 0 saturated carbocycles. The molecule has 1 fully saturated rings. The smallest absolute Gasteiger partial charge is 0.261 e. The molecule has 0 amide bonds. The SMILES string of the molecule is O=c1c2ccccc2nc(C2CCCN2c2ncnc3c2CCC3)n1CCO. The minimum absolute atomic E-state index is 0.0246. The second kappa shape index (κ2) is 6.98. The molecule has 0 radical (unpaired) electrons. The van der Waals surface area contributed by atoms with Crippen molar-refractivity contribution < 1.29 is 5.11 Å². The third kappa shape index (κ3) is 2.69. The molecular weight excluding hydrogens is 354 g/mol. The van der Waals surface area contributed by atoms with Gasteiger partial charge in [-0.05, 0) is 44.2 Å². The van der Waals surface area contributed by atoms with Gasteiger partial charge in [0.05, 0.1) is 30.1 Å². The Balaban J connectivity index is 1.66. The minimum atomic E-state index is -0.0947. The van der Waals surface area contributed by atoms with Crippen LogP contribution in [0.1, 0.15) is 42.4 Å². The van der Waals surface area contributed by atoms with E-state index in [-0.39, 0.29) is 24.8 Å². The van der Waals surface area contributed by atoms with Crippen LogP contribution in [0.4, 0.5) is 5.82 Å². The first-order valence-electron chi connectivity index (χ1n) is 9.97. The molecule has 7 nitrogen and oxygen atoms in total. The van der Waals surface area contributed by atoms with Gasteiger partial charge in [-0.1, -0.05) is 12.1 Å². The van der Waals surface area contributed by atoms with E-state index in [2.05, 4.69) is 14.9 Å². The molecule has 1 aliphatic heterocycles. The van der Waals surface area contributed by atoms with E-state index in [4.69, 9.17) is 4.98 Å². The van der Waals surface area contributed by atoms with Crippen LogP contribution in [-0.2, 0) is 19.4 Å².